The Hall–Kier alpha value is -1.74. The van der Waals surface area contributed by atoms with Crippen molar-refractivity contribution < 1.29 is 0 Å². The first-order valence-electron chi connectivity index (χ1n) is 6.38. The van der Waals surface area contributed by atoms with Gasteiger partial charge in [0, 0.05) is 24.4 Å². The van der Waals surface area contributed by atoms with Gasteiger partial charge in [-0.3, -0.25) is 0 Å². The number of hydrogen-bond donors (Lipinski definition) is 1. The predicted octanol–water partition coefficient (Wildman–Crippen LogP) is 2.05. The van der Waals surface area contributed by atoms with E-state index in [1.165, 1.54) is 11.1 Å². The van der Waals surface area contributed by atoms with Crippen molar-refractivity contribution in [2.45, 2.75) is 31.7 Å². The third-order valence-corrected chi connectivity index (χ3v) is 3.45. The zero-order chi connectivity index (χ0) is 12.5. The molecule has 3 rings (SSSR count). The topological polar surface area (TPSA) is 51.8 Å². The van der Waals surface area contributed by atoms with Crippen molar-refractivity contribution in [1.29, 1.82) is 0 Å². The van der Waals surface area contributed by atoms with E-state index in [0.717, 1.165) is 24.2 Å². The summed E-state index contributed by atoms with van der Waals surface area (Å²) in [5, 5.41) is 0. The zero-order valence-electron chi connectivity index (χ0n) is 10.5. The Balaban J connectivity index is 1.79. The molecule has 18 heavy (non-hydrogen) atoms. The van der Waals surface area contributed by atoms with Crippen LogP contribution in [-0.2, 0) is 12.8 Å². The van der Waals surface area contributed by atoms with Gasteiger partial charge in [-0.1, -0.05) is 24.3 Å². The Labute approximate surface area is 107 Å². The molecule has 0 saturated heterocycles. The lowest BCUT2D eigenvalue weighted by Crippen LogP contribution is -2.21. The van der Waals surface area contributed by atoms with E-state index in [-0.39, 0.29) is 6.04 Å². The second-order valence-electron chi connectivity index (χ2n) is 5.09. The fourth-order valence-electron chi connectivity index (χ4n) is 2.51. The van der Waals surface area contributed by atoms with Crippen molar-refractivity contribution in [3.8, 4) is 0 Å². The standard InChI is InChI=1S/C15H17N3/c1-10(16)6-11-8-17-15(18-9-11)14-7-12-4-2-3-5-13(12)14/h2-5,8-10,14H,6-7,16H2,1H3. The second kappa shape index (κ2) is 4.50. The van der Waals surface area contributed by atoms with Gasteiger partial charge in [0.25, 0.3) is 0 Å². The first-order valence-corrected chi connectivity index (χ1v) is 6.38. The number of aromatic nitrogens is 2. The molecule has 1 aliphatic carbocycles. The minimum atomic E-state index is 0.156. The Bertz CT molecular complexity index is 546. The highest BCUT2D eigenvalue weighted by Gasteiger charge is 2.28. The molecule has 0 amide bonds. The maximum absolute atomic E-state index is 5.77. The summed E-state index contributed by atoms with van der Waals surface area (Å²) in [6.07, 6.45) is 5.71. The van der Waals surface area contributed by atoms with Crippen molar-refractivity contribution in [2.24, 2.45) is 5.73 Å². The molecule has 2 N–H and O–H groups in total. The monoisotopic (exact) mass is 239 g/mol. The van der Waals surface area contributed by atoms with Gasteiger partial charge < -0.3 is 5.73 Å². The summed E-state index contributed by atoms with van der Waals surface area (Å²) >= 11 is 0. The lowest BCUT2D eigenvalue weighted by molar-refractivity contribution is 0.653. The van der Waals surface area contributed by atoms with Crippen LogP contribution >= 0.6 is 0 Å². The van der Waals surface area contributed by atoms with Crippen molar-refractivity contribution in [3.05, 3.63) is 59.2 Å². The van der Waals surface area contributed by atoms with Gasteiger partial charge in [-0.15, -0.1) is 0 Å². The number of nitrogens with two attached hydrogens (primary N) is 1. The molecule has 2 aromatic rings. The third-order valence-electron chi connectivity index (χ3n) is 3.45. The van der Waals surface area contributed by atoms with Crippen molar-refractivity contribution in [1.82, 2.24) is 9.97 Å². The van der Waals surface area contributed by atoms with Crippen LogP contribution < -0.4 is 5.73 Å². The van der Waals surface area contributed by atoms with Crippen molar-refractivity contribution in [2.75, 3.05) is 0 Å². The molecular weight excluding hydrogens is 222 g/mol. The van der Waals surface area contributed by atoms with E-state index < -0.39 is 0 Å². The van der Waals surface area contributed by atoms with Crippen molar-refractivity contribution >= 4 is 0 Å². The van der Waals surface area contributed by atoms with Gasteiger partial charge in [0.05, 0.1) is 0 Å². The van der Waals surface area contributed by atoms with Crippen LogP contribution in [0, 0.1) is 0 Å². The number of fused-ring (bicyclic) bond motifs is 1. The molecule has 0 radical (unpaired) electrons. The molecule has 92 valence electrons. The normalized spacial score (nSPS) is 18.9. The van der Waals surface area contributed by atoms with E-state index in [1.54, 1.807) is 0 Å². The molecule has 1 heterocycles. The molecule has 1 aliphatic rings. The van der Waals surface area contributed by atoms with Gasteiger partial charge in [0.1, 0.15) is 5.82 Å². The third kappa shape index (κ3) is 2.02. The summed E-state index contributed by atoms with van der Waals surface area (Å²) < 4.78 is 0. The first kappa shape index (κ1) is 11.4. The largest absolute Gasteiger partial charge is 0.328 e. The van der Waals surface area contributed by atoms with Gasteiger partial charge >= 0.3 is 0 Å². The van der Waals surface area contributed by atoms with Crippen molar-refractivity contribution in [3.63, 3.8) is 0 Å². The molecule has 0 fully saturated rings. The second-order valence-corrected chi connectivity index (χ2v) is 5.09. The summed E-state index contributed by atoms with van der Waals surface area (Å²) in [4.78, 5) is 8.97. The molecule has 2 atom stereocenters. The summed E-state index contributed by atoms with van der Waals surface area (Å²) in [6, 6.07) is 8.67. The summed E-state index contributed by atoms with van der Waals surface area (Å²) in [6.45, 7) is 2.00. The average molecular weight is 239 g/mol. The summed E-state index contributed by atoms with van der Waals surface area (Å²) in [7, 11) is 0. The SMILES string of the molecule is CC(N)Cc1cnc(C2Cc3ccccc32)nc1. The summed E-state index contributed by atoms with van der Waals surface area (Å²) in [5.74, 6) is 1.31. The fourth-order valence-corrected chi connectivity index (χ4v) is 2.51. The molecular formula is C15H17N3. The smallest absolute Gasteiger partial charge is 0.136 e. The van der Waals surface area contributed by atoms with E-state index in [4.69, 9.17) is 5.73 Å². The van der Waals surface area contributed by atoms with Crippen LogP contribution in [0.4, 0.5) is 0 Å². The van der Waals surface area contributed by atoms with Crippen LogP contribution in [0.2, 0.25) is 0 Å². The van der Waals surface area contributed by atoms with Crippen LogP contribution in [-0.4, -0.2) is 16.0 Å². The molecule has 0 spiro atoms. The van der Waals surface area contributed by atoms with Crippen LogP contribution in [0.25, 0.3) is 0 Å². The Morgan fingerprint density at radius 1 is 1.28 bits per heavy atom. The van der Waals surface area contributed by atoms with Gasteiger partial charge in [0.2, 0.25) is 0 Å². The van der Waals surface area contributed by atoms with Gasteiger partial charge in [-0.05, 0) is 36.5 Å². The zero-order valence-corrected chi connectivity index (χ0v) is 10.5. The molecule has 1 aromatic heterocycles. The first-order chi connectivity index (χ1) is 8.74. The molecule has 1 aromatic carbocycles. The Kier molecular flexibility index (Phi) is 2.84. The molecule has 0 saturated carbocycles. The van der Waals surface area contributed by atoms with Crippen LogP contribution in [0.1, 0.15) is 35.4 Å². The molecule has 3 nitrogen and oxygen atoms in total. The van der Waals surface area contributed by atoms with E-state index in [0.29, 0.717) is 5.92 Å². The van der Waals surface area contributed by atoms with Crippen LogP contribution in [0.15, 0.2) is 36.7 Å². The quantitative estimate of drug-likeness (QED) is 0.892. The average Bonchev–Trinajstić information content (AvgIpc) is 2.32. The van der Waals surface area contributed by atoms with Gasteiger partial charge in [-0.2, -0.15) is 0 Å². The number of benzene rings is 1. The lowest BCUT2D eigenvalue weighted by atomic mass is 9.77. The molecule has 0 aliphatic heterocycles. The Morgan fingerprint density at radius 2 is 2.00 bits per heavy atom. The highest BCUT2D eigenvalue weighted by Crippen LogP contribution is 2.37. The Morgan fingerprint density at radius 3 is 2.67 bits per heavy atom. The molecule has 2 unspecified atom stereocenters. The van der Waals surface area contributed by atoms with Gasteiger partial charge in [-0.25, -0.2) is 9.97 Å². The van der Waals surface area contributed by atoms with E-state index in [9.17, 15) is 0 Å². The molecule has 0 bridgehead atoms. The highest BCUT2D eigenvalue weighted by atomic mass is 14.9. The van der Waals surface area contributed by atoms with Gasteiger partial charge in [0.15, 0.2) is 0 Å². The maximum Gasteiger partial charge on any atom is 0.136 e. The van der Waals surface area contributed by atoms with E-state index >= 15 is 0 Å². The lowest BCUT2D eigenvalue weighted by Gasteiger charge is -2.28. The minimum absolute atomic E-state index is 0.156. The summed E-state index contributed by atoms with van der Waals surface area (Å²) in [5.41, 5.74) is 9.67. The van der Waals surface area contributed by atoms with E-state index in [1.807, 2.05) is 19.3 Å². The predicted molar refractivity (Wildman–Crippen MR) is 71.4 cm³/mol. The number of rotatable bonds is 3. The number of nitrogens with zero attached hydrogens (tertiary/aromatic N) is 2. The minimum Gasteiger partial charge on any atom is -0.328 e. The van der Waals surface area contributed by atoms with Crippen LogP contribution in [0.5, 0.6) is 0 Å². The number of hydrogen-bond acceptors (Lipinski definition) is 3. The highest BCUT2D eigenvalue weighted by molar-refractivity contribution is 5.43. The van der Waals surface area contributed by atoms with E-state index in [2.05, 4.69) is 34.2 Å². The molecule has 3 heteroatoms. The fraction of sp³-hybridized carbons (Fsp3) is 0.333. The van der Waals surface area contributed by atoms with Crippen LogP contribution in [0.3, 0.4) is 0 Å². The maximum atomic E-state index is 5.77.